The van der Waals surface area contributed by atoms with Gasteiger partial charge in [0.2, 0.25) is 10.0 Å². The van der Waals surface area contributed by atoms with Crippen LogP contribution in [0.5, 0.6) is 0 Å². The summed E-state index contributed by atoms with van der Waals surface area (Å²) in [6.07, 6.45) is 2.77. The zero-order chi connectivity index (χ0) is 14.9. The van der Waals surface area contributed by atoms with E-state index in [9.17, 15) is 13.2 Å². The van der Waals surface area contributed by atoms with Crippen LogP contribution < -0.4 is 5.32 Å². The average molecular weight is 317 g/mol. The lowest BCUT2D eigenvalue weighted by atomic mass is 10.1. The van der Waals surface area contributed by atoms with Crippen LogP contribution in [0.1, 0.15) is 33.2 Å². The van der Waals surface area contributed by atoms with E-state index < -0.39 is 10.0 Å². The molecule has 2 heterocycles. The molecule has 1 N–H and O–H groups in total. The number of nitrogens with zero attached hydrogens (tertiary/aromatic N) is 2. The molecule has 2 rings (SSSR count). The minimum absolute atomic E-state index is 0.132. The highest BCUT2D eigenvalue weighted by Crippen LogP contribution is 2.18. The fourth-order valence-corrected chi connectivity index (χ4v) is 4.09. The van der Waals surface area contributed by atoms with Crippen LogP contribution in [0.4, 0.5) is 0 Å². The van der Waals surface area contributed by atoms with Crippen LogP contribution in [0.25, 0.3) is 0 Å². The summed E-state index contributed by atoms with van der Waals surface area (Å²) < 4.78 is 24.5. The van der Waals surface area contributed by atoms with E-state index in [4.69, 9.17) is 0 Å². The van der Waals surface area contributed by atoms with E-state index in [-0.39, 0.29) is 11.9 Å². The minimum Gasteiger partial charge on any atom is -0.347 e. The molecular weight excluding hydrogens is 298 g/mol. The summed E-state index contributed by atoms with van der Waals surface area (Å²) in [6, 6.07) is -0.132. The second-order valence-electron chi connectivity index (χ2n) is 5.08. The van der Waals surface area contributed by atoms with E-state index in [1.54, 1.807) is 0 Å². The fourth-order valence-electron chi connectivity index (χ4n) is 2.35. The van der Waals surface area contributed by atoms with Crippen LogP contribution in [0, 0.1) is 13.8 Å². The van der Waals surface area contributed by atoms with E-state index in [0.29, 0.717) is 18.0 Å². The molecule has 1 aromatic heterocycles. The van der Waals surface area contributed by atoms with E-state index >= 15 is 0 Å². The zero-order valence-corrected chi connectivity index (χ0v) is 13.5. The maximum Gasteiger partial charge on any atom is 0.263 e. The molecule has 1 aliphatic rings. The Bertz CT molecular complexity index is 609. The molecule has 1 fully saturated rings. The van der Waals surface area contributed by atoms with Crippen molar-refractivity contribution >= 4 is 27.3 Å². The lowest BCUT2D eigenvalue weighted by Gasteiger charge is -2.31. The molecule has 1 saturated heterocycles. The molecule has 0 saturated carbocycles. The van der Waals surface area contributed by atoms with Gasteiger partial charge in [-0.05, 0) is 26.7 Å². The molecule has 0 spiro atoms. The van der Waals surface area contributed by atoms with E-state index in [1.807, 2.05) is 13.8 Å². The third kappa shape index (κ3) is 3.56. The van der Waals surface area contributed by atoms with Gasteiger partial charge in [-0.3, -0.25) is 4.79 Å². The Hall–Kier alpha value is -0.990. The number of aryl methyl sites for hydroxylation is 2. The maximum absolute atomic E-state index is 12.2. The molecule has 1 aliphatic heterocycles. The molecular formula is C12H19N3O3S2. The first-order chi connectivity index (χ1) is 9.27. The van der Waals surface area contributed by atoms with E-state index in [0.717, 1.165) is 23.5 Å². The molecule has 1 unspecified atom stereocenters. The van der Waals surface area contributed by atoms with Crippen molar-refractivity contribution in [3.8, 4) is 0 Å². The van der Waals surface area contributed by atoms with Crippen molar-refractivity contribution in [3.63, 3.8) is 0 Å². The number of amides is 1. The summed E-state index contributed by atoms with van der Waals surface area (Å²) in [4.78, 5) is 17.0. The summed E-state index contributed by atoms with van der Waals surface area (Å²) in [7, 11) is -3.19. The van der Waals surface area contributed by atoms with Crippen LogP contribution in [-0.2, 0) is 10.0 Å². The predicted molar refractivity (Wildman–Crippen MR) is 78.5 cm³/mol. The molecule has 20 heavy (non-hydrogen) atoms. The number of rotatable bonds is 3. The third-order valence-electron chi connectivity index (χ3n) is 3.30. The van der Waals surface area contributed by atoms with Gasteiger partial charge < -0.3 is 5.32 Å². The third-order valence-corrected chi connectivity index (χ3v) is 5.64. The number of piperidine rings is 1. The number of sulfonamides is 1. The molecule has 0 aromatic carbocycles. The first-order valence-corrected chi connectivity index (χ1v) is 9.14. The van der Waals surface area contributed by atoms with Crippen LogP contribution in [0.2, 0.25) is 0 Å². The molecule has 0 aliphatic carbocycles. The standard InChI is InChI=1S/C12H19N3O3S2/c1-8-11(19-9(2)13-8)12(16)14-10-5-4-6-15(7-10)20(3,17)18/h10H,4-7H2,1-3H3,(H,14,16). The summed E-state index contributed by atoms with van der Waals surface area (Å²) in [5, 5.41) is 3.77. The Morgan fingerprint density at radius 3 is 2.70 bits per heavy atom. The SMILES string of the molecule is Cc1nc(C)c(C(=O)NC2CCCN(S(C)(=O)=O)C2)s1. The van der Waals surface area contributed by atoms with Crippen LogP contribution >= 0.6 is 11.3 Å². The predicted octanol–water partition coefficient (Wildman–Crippen LogP) is 0.914. The van der Waals surface area contributed by atoms with Gasteiger partial charge in [0, 0.05) is 19.1 Å². The number of carbonyl (C=O) groups is 1. The van der Waals surface area contributed by atoms with Crippen molar-refractivity contribution in [2.75, 3.05) is 19.3 Å². The molecule has 8 heteroatoms. The molecule has 0 bridgehead atoms. The Balaban J connectivity index is 2.03. The molecule has 1 aromatic rings. The highest BCUT2D eigenvalue weighted by Gasteiger charge is 2.27. The van der Waals surface area contributed by atoms with Gasteiger partial charge in [0.15, 0.2) is 0 Å². The van der Waals surface area contributed by atoms with Crippen molar-refractivity contribution in [1.29, 1.82) is 0 Å². The Morgan fingerprint density at radius 1 is 1.45 bits per heavy atom. The summed E-state index contributed by atoms with van der Waals surface area (Å²) >= 11 is 1.36. The molecule has 0 radical (unpaired) electrons. The van der Waals surface area contributed by atoms with Crippen molar-refractivity contribution in [2.24, 2.45) is 0 Å². The Morgan fingerprint density at radius 2 is 2.15 bits per heavy atom. The summed E-state index contributed by atoms with van der Waals surface area (Å²) in [5.74, 6) is -0.159. The normalized spacial score (nSPS) is 20.9. The Labute approximate surface area is 123 Å². The lowest BCUT2D eigenvalue weighted by molar-refractivity contribution is 0.0925. The Kier molecular flexibility index (Phi) is 4.46. The highest BCUT2D eigenvalue weighted by atomic mass is 32.2. The number of hydrogen-bond donors (Lipinski definition) is 1. The first-order valence-electron chi connectivity index (χ1n) is 6.47. The van der Waals surface area contributed by atoms with Gasteiger partial charge in [0.1, 0.15) is 4.88 Å². The van der Waals surface area contributed by atoms with Gasteiger partial charge in [-0.1, -0.05) is 0 Å². The van der Waals surface area contributed by atoms with Gasteiger partial charge in [-0.2, -0.15) is 0 Å². The van der Waals surface area contributed by atoms with E-state index in [2.05, 4.69) is 10.3 Å². The minimum atomic E-state index is -3.19. The number of aromatic nitrogens is 1. The van der Waals surface area contributed by atoms with Crippen LogP contribution in [0.3, 0.4) is 0 Å². The van der Waals surface area contributed by atoms with Gasteiger partial charge in [0.05, 0.1) is 17.0 Å². The smallest absolute Gasteiger partial charge is 0.263 e. The number of nitrogens with one attached hydrogen (secondary N) is 1. The molecule has 1 atom stereocenters. The van der Waals surface area contributed by atoms with Crippen molar-refractivity contribution in [3.05, 3.63) is 15.6 Å². The quantitative estimate of drug-likeness (QED) is 0.899. The average Bonchev–Trinajstić information content (AvgIpc) is 2.68. The van der Waals surface area contributed by atoms with Crippen molar-refractivity contribution < 1.29 is 13.2 Å². The van der Waals surface area contributed by atoms with Crippen LogP contribution in [0.15, 0.2) is 0 Å². The fraction of sp³-hybridized carbons (Fsp3) is 0.667. The number of hydrogen-bond acceptors (Lipinski definition) is 5. The summed E-state index contributed by atoms with van der Waals surface area (Å²) in [5.41, 5.74) is 0.723. The highest BCUT2D eigenvalue weighted by molar-refractivity contribution is 7.88. The number of thiazole rings is 1. The second-order valence-corrected chi connectivity index (χ2v) is 8.27. The molecule has 1 amide bonds. The summed E-state index contributed by atoms with van der Waals surface area (Å²) in [6.45, 7) is 4.55. The van der Waals surface area contributed by atoms with E-state index in [1.165, 1.54) is 21.9 Å². The maximum atomic E-state index is 12.2. The molecule has 112 valence electrons. The largest absolute Gasteiger partial charge is 0.347 e. The van der Waals surface area contributed by atoms with Crippen molar-refractivity contribution in [1.82, 2.24) is 14.6 Å². The van der Waals surface area contributed by atoms with Crippen molar-refractivity contribution in [2.45, 2.75) is 32.7 Å². The van der Waals surface area contributed by atoms with Gasteiger partial charge in [0.25, 0.3) is 5.91 Å². The van der Waals surface area contributed by atoms with Gasteiger partial charge in [-0.25, -0.2) is 17.7 Å². The number of carbonyl (C=O) groups excluding carboxylic acids is 1. The monoisotopic (exact) mass is 317 g/mol. The topological polar surface area (TPSA) is 79.4 Å². The lowest BCUT2D eigenvalue weighted by Crippen LogP contribution is -2.49. The van der Waals surface area contributed by atoms with Gasteiger partial charge in [-0.15, -0.1) is 11.3 Å². The molecule has 6 nitrogen and oxygen atoms in total. The van der Waals surface area contributed by atoms with Crippen LogP contribution in [-0.4, -0.2) is 49.0 Å². The first kappa shape index (κ1) is 15.4. The van der Waals surface area contributed by atoms with Gasteiger partial charge >= 0.3 is 0 Å². The second kappa shape index (κ2) is 5.79. The zero-order valence-electron chi connectivity index (χ0n) is 11.8.